The Morgan fingerprint density at radius 3 is 2.69 bits per heavy atom. The summed E-state index contributed by atoms with van der Waals surface area (Å²) in [7, 11) is 1.64. The number of fused-ring (bicyclic) bond motifs is 2. The van der Waals surface area contributed by atoms with Crippen molar-refractivity contribution in [3.63, 3.8) is 0 Å². The van der Waals surface area contributed by atoms with Crippen molar-refractivity contribution in [1.29, 1.82) is 0 Å². The van der Waals surface area contributed by atoms with Crippen LogP contribution in [0.2, 0.25) is 5.02 Å². The fourth-order valence-electron chi connectivity index (χ4n) is 4.25. The van der Waals surface area contributed by atoms with E-state index in [1.807, 2.05) is 25.1 Å². The van der Waals surface area contributed by atoms with E-state index in [0.29, 0.717) is 47.1 Å². The van der Waals surface area contributed by atoms with Crippen LogP contribution < -0.4 is 16.6 Å². The fourth-order valence-corrected chi connectivity index (χ4v) is 4.44. The van der Waals surface area contributed by atoms with Gasteiger partial charge in [-0.2, -0.15) is 0 Å². The van der Waals surface area contributed by atoms with E-state index in [1.54, 1.807) is 42.3 Å². The minimum absolute atomic E-state index is 0.126. The monoisotopic (exact) mass is 490 g/mol. The average molecular weight is 491 g/mol. The molecular weight excluding hydrogens is 464 g/mol. The van der Waals surface area contributed by atoms with Crippen LogP contribution in [0.15, 0.2) is 76.7 Å². The molecule has 1 amide bonds. The molecule has 4 rings (SSSR count). The lowest BCUT2D eigenvalue weighted by Crippen LogP contribution is -2.33. The minimum Gasteiger partial charge on any atom is -0.403 e. The molecule has 0 spiro atoms. The number of carbonyl (C=O) groups is 1. The van der Waals surface area contributed by atoms with Gasteiger partial charge >= 0.3 is 0 Å². The predicted octanol–water partition coefficient (Wildman–Crippen LogP) is 3.70. The number of amides is 1. The molecule has 0 radical (unpaired) electrons. The lowest BCUT2D eigenvalue weighted by Gasteiger charge is -2.23. The van der Waals surface area contributed by atoms with E-state index >= 15 is 0 Å². The molecule has 2 bridgehead atoms. The van der Waals surface area contributed by atoms with E-state index in [-0.39, 0.29) is 23.4 Å². The van der Waals surface area contributed by atoms with Crippen LogP contribution in [0.25, 0.3) is 11.3 Å². The van der Waals surface area contributed by atoms with Gasteiger partial charge in [0.2, 0.25) is 5.91 Å². The Labute approximate surface area is 208 Å². The zero-order chi connectivity index (χ0) is 24.9. The Kier molecular flexibility index (Phi) is 7.41. The second kappa shape index (κ2) is 10.7. The molecule has 0 saturated heterocycles. The van der Waals surface area contributed by atoms with Gasteiger partial charge in [0.25, 0.3) is 5.56 Å². The summed E-state index contributed by atoms with van der Waals surface area (Å²) in [4.78, 5) is 39.5. The van der Waals surface area contributed by atoms with Crippen LogP contribution >= 0.6 is 11.6 Å². The van der Waals surface area contributed by atoms with Crippen LogP contribution in [0.3, 0.4) is 0 Å². The summed E-state index contributed by atoms with van der Waals surface area (Å²) < 4.78 is 1.60. The molecule has 1 aliphatic rings. The first-order chi connectivity index (χ1) is 16.9. The third-order valence-electron chi connectivity index (χ3n) is 6.15. The molecule has 1 aliphatic heterocycles. The summed E-state index contributed by atoms with van der Waals surface area (Å²) >= 11 is 6.11. The third kappa shape index (κ3) is 5.33. The highest BCUT2D eigenvalue weighted by Gasteiger charge is 2.23. The SMILES string of the molecule is CN=C1C(=CN)NC(=O)C(C)CCCC(n2cnc(-c3cccc(Cl)c3)cc2=O)c2cc1ccn2. The highest BCUT2D eigenvalue weighted by atomic mass is 35.5. The average Bonchev–Trinajstić information content (AvgIpc) is 2.86. The number of hydrogen-bond acceptors (Lipinski definition) is 6. The van der Waals surface area contributed by atoms with E-state index in [0.717, 1.165) is 11.1 Å². The Bertz CT molecular complexity index is 1360. The lowest BCUT2D eigenvalue weighted by atomic mass is 9.96. The number of rotatable bonds is 2. The van der Waals surface area contributed by atoms with E-state index in [4.69, 9.17) is 17.3 Å². The Morgan fingerprint density at radius 2 is 1.97 bits per heavy atom. The van der Waals surface area contributed by atoms with E-state index in [1.165, 1.54) is 12.3 Å². The van der Waals surface area contributed by atoms with Gasteiger partial charge < -0.3 is 11.1 Å². The molecular formula is C26H27ClN6O2. The normalized spacial score (nSPS) is 21.3. The van der Waals surface area contributed by atoms with E-state index < -0.39 is 0 Å². The molecule has 1 aromatic carbocycles. The number of carbonyl (C=O) groups excluding carboxylic acids is 1. The van der Waals surface area contributed by atoms with Crippen LogP contribution in [0.5, 0.6) is 0 Å². The number of pyridine rings is 1. The van der Waals surface area contributed by atoms with Gasteiger partial charge in [-0.05, 0) is 37.1 Å². The summed E-state index contributed by atoms with van der Waals surface area (Å²) in [6.07, 6.45) is 6.54. The lowest BCUT2D eigenvalue weighted by molar-refractivity contribution is -0.123. The van der Waals surface area contributed by atoms with Gasteiger partial charge in [-0.15, -0.1) is 0 Å². The van der Waals surface area contributed by atoms with Gasteiger partial charge in [0.1, 0.15) is 0 Å². The smallest absolute Gasteiger partial charge is 0.254 e. The first kappa shape index (κ1) is 24.3. The topological polar surface area (TPSA) is 115 Å². The largest absolute Gasteiger partial charge is 0.403 e. The van der Waals surface area contributed by atoms with Gasteiger partial charge in [-0.25, -0.2) is 4.98 Å². The molecule has 3 aromatic rings. The maximum atomic E-state index is 13.3. The van der Waals surface area contributed by atoms with Gasteiger partial charge in [-0.3, -0.25) is 24.1 Å². The Morgan fingerprint density at radius 1 is 1.14 bits per heavy atom. The van der Waals surface area contributed by atoms with Crippen molar-refractivity contribution in [3.05, 3.63) is 93.5 Å². The maximum Gasteiger partial charge on any atom is 0.254 e. The molecule has 180 valence electrons. The molecule has 9 heteroatoms. The van der Waals surface area contributed by atoms with Gasteiger partial charge in [-0.1, -0.05) is 37.1 Å². The molecule has 8 nitrogen and oxygen atoms in total. The van der Waals surface area contributed by atoms with E-state index in [9.17, 15) is 9.59 Å². The van der Waals surface area contributed by atoms with Crippen molar-refractivity contribution in [2.45, 2.75) is 32.2 Å². The quantitative estimate of drug-likeness (QED) is 0.568. The first-order valence-corrected chi connectivity index (χ1v) is 11.8. The zero-order valence-corrected chi connectivity index (χ0v) is 20.4. The predicted molar refractivity (Wildman–Crippen MR) is 137 cm³/mol. The van der Waals surface area contributed by atoms with E-state index in [2.05, 4.69) is 20.3 Å². The molecule has 0 saturated carbocycles. The number of nitrogens with one attached hydrogen (secondary N) is 1. The van der Waals surface area contributed by atoms with Crippen molar-refractivity contribution in [2.24, 2.45) is 16.6 Å². The van der Waals surface area contributed by atoms with Crippen LogP contribution in [-0.2, 0) is 4.79 Å². The molecule has 0 fully saturated rings. The summed E-state index contributed by atoms with van der Waals surface area (Å²) in [5.74, 6) is -0.367. The number of aromatic nitrogens is 3. The molecule has 2 aromatic heterocycles. The highest BCUT2D eigenvalue weighted by Crippen LogP contribution is 2.26. The van der Waals surface area contributed by atoms with Crippen molar-refractivity contribution in [3.8, 4) is 11.3 Å². The number of hydrogen-bond donors (Lipinski definition) is 2. The number of halogens is 1. The number of allylic oxidation sites excluding steroid dienone is 1. The molecule has 35 heavy (non-hydrogen) atoms. The standard InChI is InChI=1S/C26H27ClN6O2/c1-16-5-3-8-23(33-15-31-20(13-24(33)34)17-6-4-7-19(27)11-17)21-12-18(9-10-30-21)25(29-2)22(14-28)32-26(16)35/h4,6-7,9-16,23H,3,5,8,28H2,1-2H3,(H,32,35). The fraction of sp³-hybridized carbons (Fsp3) is 0.269. The summed E-state index contributed by atoms with van der Waals surface area (Å²) in [6, 6.07) is 12.1. The number of benzene rings is 1. The second-order valence-electron chi connectivity index (χ2n) is 8.49. The Balaban J connectivity index is 1.79. The summed E-state index contributed by atoms with van der Waals surface area (Å²) in [5, 5.41) is 3.47. The number of aliphatic imine (C=N–C) groups is 1. The van der Waals surface area contributed by atoms with Crippen molar-refractivity contribution < 1.29 is 4.79 Å². The number of nitrogens with zero attached hydrogens (tertiary/aromatic N) is 4. The van der Waals surface area contributed by atoms with Gasteiger partial charge in [0.15, 0.2) is 0 Å². The molecule has 2 unspecified atom stereocenters. The van der Waals surface area contributed by atoms with Gasteiger partial charge in [0, 0.05) is 47.6 Å². The van der Waals surface area contributed by atoms with Crippen molar-refractivity contribution >= 4 is 23.2 Å². The van der Waals surface area contributed by atoms with Gasteiger partial charge in [0.05, 0.1) is 35.2 Å². The minimum atomic E-state index is -0.360. The molecule has 2 atom stereocenters. The molecule has 3 heterocycles. The zero-order valence-electron chi connectivity index (χ0n) is 19.6. The molecule has 3 N–H and O–H groups in total. The van der Waals surface area contributed by atoms with Crippen LogP contribution in [-0.4, -0.2) is 33.2 Å². The second-order valence-corrected chi connectivity index (χ2v) is 8.93. The summed E-state index contributed by atoms with van der Waals surface area (Å²) in [5.41, 5.74) is 9.38. The van der Waals surface area contributed by atoms with Crippen LogP contribution in [0, 0.1) is 5.92 Å². The van der Waals surface area contributed by atoms with Crippen molar-refractivity contribution in [1.82, 2.24) is 19.9 Å². The third-order valence-corrected chi connectivity index (χ3v) is 6.39. The van der Waals surface area contributed by atoms with Crippen LogP contribution in [0.4, 0.5) is 0 Å². The van der Waals surface area contributed by atoms with Crippen LogP contribution in [0.1, 0.15) is 43.5 Å². The molecule has 0 aliphatic carbocycles. The first-order valence-electron chi connectivity index (χ1n) is 11.4. The number of nitrogens with two attached hydrogens (primary N) is 1. The maximum absolute atomic E-state index is 13.3. The highest BCUT2D eigenvalue weighted by molar-refractivity contribution is 6.30. The Hall–Kier alpha value is -3.78. The van der Waals surface area contributed by atoms with Crippen molar-refractivity contribution in [2.75, 3.05) is 7.05 Å². The summed E-state index contributed by atoms with van der Waals surface area (Å²) in [6.45, 7) is 1.87.